The quantitative estimate of drug-likeness (QED) is 0.142. The number of nitrogens with one attached hydrogen (secondary N) is 2. The van der Waals surface area contributed by atoms with E-state index in [1.165, 1.54) is 0 Å². The standard InChI is InChI=1S/C42H50N4O6/c1-9-11-21-45-31(17-13-27-23-29(15-19-35(27)45)43-39(49)51-41(3,4)5)25-33-37(47)34(38(33)48)26-32-18-14-28-24-30(44-40(50)52-42(6,7)8)16-20-36(28)46(32)22-12-10-2/h13-20,23-26H,9-12,21-22H2,1-8H3,(H2-,43,44,47,48,49,50)/p+1. The van der Waals surface area contributed by atoms with E-state index in [4.69, 9.17) is 9.47 Å². The van der Waals surface area contributed by atoms with Gasteiger partial charge in [0.2, 0.25) is 17.0 Å². The molecule has 0 radical (unpaired) electrons. The third kappa shape index (κ3) is 9.09. The molecular formula is C42H51N4O6+. The van der Waals surface area contributed by atoms with Crippen LogP contribution < -0.4 is 20.1 Å². The lowest BCUT2D eigenvalue weighted by molar-refractivity contribution is -0.673. The molecule has 3 aromatic rings. The number of fused-ring (bicyclic) bond motifs is 2. The van der Waals surface area contributed by atoms with E-state index in [-0.39, 0.29) is 22.7 Å². The molecule has 2 aromatic carbocycles. The molecule has 10 nitrogen and oxygen atoms in total. The van der Waals surface area contributed by atoms with Gasteiger partial charge in [0.25, 0.3) is 0 Å². The molecule has 10 heteroatoms. The van der Waals surface area contributed by atoms with E-state index in [9.17, 15) is 19.5 Å². The van der Waals surface area contributed by atoms with Crippen molar-refractivity contribution >= 4 is 58.1 Å². The normalized spacial score (nSPS) is 15.9. The van der Waals surface area contributed by atoms with E-state index in [1.807, 2.05) is 102 Å². The average molecular weight is 708 g/mol. The molecule has 1 aromatic heterocycles. The van der Waals surface area contributed by atoms with Crippen molar-refractivity contribution < 1.29 is 33.5 Å². The minimum Gasteiger partial charge on any atom is -0.506 e. The maximum atomic E-state index is 13.6. The van der Waals surface area contributed by atoms with Crippen LogP contribution in [0.25, 0.3) is 23.1 Å². The molecule has 52 heavy (non-hydrogen) atoms. The smallest absolute Gasteiger partial charge is 0.412 e. The van der Waals surface area contributed by atoms with Gasteiger partial charge in [-0.3, -0.25) is 15.4 Å². The SMILES string of the molecule is CCCCN1/C(=C/C2=C(O)C(=C\c3ccc4cc(NC(=O)OC(C)(C)C)ccc4[n+]3CCCC)/C2=O)C=Cc2cc(NC(=O)OC(C)(C)C)ccc21. The molecule has 0 fully saturated rings. The van der Waals surface area contributed by atoms with E-state index < -0.39 is 23.4 Å². The number of carbonyl (C=O) groups is 3. The predicted octanol–water partition coefficient (Wildman–Crippen LogP) is 9.62. The highest BCUT2D eigenvalue weighted by atomic mass is 16.6. The van der Waals surface area contributed by atoms with Crippen LogP contribution >= 0.6 is 0 Å². The number of benzene rings is 2. The molecule has 5 rings (SSSR count). The number of hydrogen-bond donors (Lipinski definition) is 3. The third-order valence-corrected chi connectivity index (χ3v) is 8.47. The first-order valence-corrected chi connectivity index (χ1v) is 18.0. The number of allylic oxidation sites excluding steroid dienone is 4. The number of ether oxygens (including phenoxy) is 2. The Hall–Kier alpha value is -5.38. The van der Waals surface area contributed by atoms with Crippen LogP contribution in [0, 0.1) is 0 Å². The molecule has 3 N–H and O–H groups in total. The number of aliphatic hydroxyl groups is 1. The molecule has 0 saturated carbocycles. The molecule has 1 aliphatic carbocycles. The van der Waals surface area contributed by atoms with E-state index in [0.717, 1.165) is 59.2 Å². The molecular weight excluding hydrogens is 656 g/mol. The van der Waals surface area contributed by atoms with Gasteiger partial charge in [0.1, 0.15) is 23.5 Å². The maximum absolute atomic E-state index is 13.6. The van der Waals surface area contributed by atoms with Crippen LogP contribution in [-0.2, 0) is 20.8 Å². The number of hydrogen-bond acceptors (Lipinski definition) is 7. The average Bonchev–Trinajstić information content (AvgIpc) is 3.06. The second-order valence-corrected chi connectivity index (χ2v) is 15.1. The van der Waals surface area contributed by atoms with Crippen molar-refractivity contribution in [1.29, 1.82) is 0 Å². The van der Waals surface area contributed by atoms with Crippen LogP contribution in [0.4, 0.5) is 26.7 Å². The molecule has 0 unspecified atom stereocenters. The number of ketones is 1. The minimum absolute atomic E-state index is 0.0388. The first kappa shape index (κ1) is 37.9. The van der Waals surface area contributed by atoms with Crippen molar-refractivity contribution in [2.75, 3.05) is 22.1 Å². The lowest BCUT2D eigenvalue weighted by Crippen LogP contribution is -2.38. The molecule has 1 aliphatic heterocycles. The van der Waals surface area contributed by atoms with Gasteiger partial charge < -0.3 is 19.5 Å². The number of amides is 2. The predicted molar refractivity (Wildman–Crippen MR) is 207 cm³/mol. The Morgan fingerprint density at radius 1 is 0.827 bits per heavy atom. The zero-order valence-electron chi connectivity index (χ0n) is 31.6. The monoisotopic (exact) mass is 707 g/mol. The Balaban J connectivity index is 1.43. The fourth-order valence-corrected chi connectivity index (χ4v) is 6.06. The van der Waals surface area contributed by atoms with Crippen molar-refractivity contribution in [2.45, 2.75) is 98.8 Å². The summed E-state index contributed by atoms with van der Waals surface area (Å²) in [4.78, 5) is 40.5. The van der Waals surface area contributed by atoms with Gasteiger partial charge >= 0.3 is 12.2 Å². The maximum Gasteiger partial charge on any atom is 0.412 e. The highest BCUT2D eigenvalue weighted by Crippen LogP contribution is 2.37. The van der Waals surface area contributed by atoms with Crippen LogP contribution in [0.5, 0.6) is 0 Å². The zero-order chi connectivity index (χ0) is 37.8. The second-order valence-electron chi connectivity index (χ2n) is 15.1. The molecule has 0 bridgehead atoms. The fourth-order valence-electron chi connectivity index (χ4n) is 6.06. The van der Waals surface area contributed by atoms with Gasteiger partial charge in [-0.15, -0.1) is 0 Å². The summed E-state index contributed by atoms with van der Waals surface area (Å²) in [6, 6.07) is 15.2. The van der Waals surface area contributed by atoms with E-state index in [1.54, 1.807) is 12.2 Å². The molecule has 2 amide bonds. The Morgan fingerprint density at radius 3 is 2.08 bits per heavy atom. The molecule has 274 valence electrons. The van der Waals surface area contributed by atoms with E-state index >= 15 is 0 Å². The Kier molecular flexibility index (Phi) is 11.3. The fraction of sp³-hybridized carbons (Fsp3) is 0.381. The van der Waals surface area contributed by atoms with Crippen LogP contribution in [-0.4, -0.2) is 40.8 Å². The van der Waals surface area contributed by atoms with E-state index in [0.29, 0.717) is 24.5 Å². The Bertz CT molecular complexity index is 2010. The first-order valence-electron chi connectivity index (χ1n) is 18.0. The zero-order valence-corrected chi connectivity index (χ0v) is 31.6. The topological polar surface area (TPSA) is 121 Å². The summed E-state index contributed by atoms with van der Waals surface area (Å²) in [5, 5.41) is 17.8. The molecule has 0 saturated heterocycles. The summed E-state index contributed by atoms with van der Waals surface area (Å²) in [5.41, 5.74) is 4.93. The summed E-state index contributed by atoms with van der Waals surface area (Å²) in [7, 11) is 0. The van der Waals surface area contributed by atoms with Crippen LogP contribution in [0.1, 0.15) is 92.3 Å². The van der Waals surface area contributed by atoms with Gasteiger partial charge in [-0.25, -0.2) is 9.59 Å². The highest BCUT2D eigenvalue weighted by molar-refractivity contribution is 6.23. The second kappa shape index (κ2) is 15.5. The number of aliphatic hydroxyl groups excluding tert-OH is 1. The van der Waals surface area contributed by atoms with Gasteiger partial charge in [-0.2, -0.15) is 4.57 Å². The Labute approximate surface area is 306 Å². The highest BCUT2D eigenvalue weighted by Gasteiger charge is 2.34. The minimum atomic E-state index is -0.608. The van der Waals surface area contributed by atoms with Crippen molar-refractivity contribution in [2.24, 2.45) is 0 Å². The largest absolute Gasteiger partial charge is 0.506 e. The number of unbranched alkanes of at least 4 members (excludes halogenated alkanes) is 2. The molecule has 0 spiro atoms. The van der Waals surface area contributed by atoms with Gasteiger partial charge in [-0.05, 0) is 96.5 Å². The molecule has 2 aliphatic rings. The lowest BCUT2D eigenvalue weighted by atomic mass is 9.86. The number of carbonyl (C=O) groups excluding carboxylic acids is 3. The van der Waals surface area contributed by atoms with Crippen LogP contribution in [0.3, 0.4) is 0 Å². The van der Waals surface area contributed by atoms with Gasteiger partial charge in [0, 0.05) is 64.9 Å². The number of nitrogens with zero attached hydrogens (tertiary/aromatic N) is 2. The summed E-state index contributed by atoms with van der Waals surface area (Å²) >= 11 is 0. The van der Waals surface area contributed by atoms with Crippen LogP contribution in [0.15, 0.2) is 83.3 Å². The summed E-state index contributed by atoms with van der Waals surface area (Å²) in [5.74, 6) is -0.265. The van der Waals surface area contributed by atoms with Gasteiger partial charge in [0.15, 0.2) is 0 Å². The number of aryl methyl sites for hydroxylation is 1. The third-order valence-electron chi connectivity index (χ3n) is 8.47. The van der Waals surface area contributed by atoms with Crippen molar-refractivity contribution in [3.8, 4) is 0 Å². The number of anilines is 3. The molecule has 2 heterocycles. The number of rotatable bonds is 10. The van der Waals surface area contributed by atoms with Gasteiger partial charge in [0.05, 0.1) is 11.1 Å². The van der Waals surface area contributed by atoms with Crippen molar-refractivity contribution in [3.63, 3.8) is 0 Å². The van der Waals surface area contributed by atoms with Crippen molar-refractivity contribution in [3.05, 3.63) is 94.5 Å². The molecule has 0 atom stereocenters. The van der Waals surface area contributed by atoms with E-state index in [2.05, 4.69) is 33.9 Å². The number of aromatic nitrogens is 1. The number of Topliss-reactive ketones (excluding diaryl/α,β-unsaturated/α-hetero) is 1. The summed E-state index contributed by atoms with van der Waals surface area (Å²) in [6.07, 6.45) is 10.1. The van der Waals surface area contributed by atoms with Gasteiger partial charge in [-0.1, -0.05) is 32.8 Å². The van der Waals surface area contributed by atoms with Crippen LogP contribution in [0.2, 0.25) is 0 Å². The number of pyridine rings is 1. The van der Waals surface area contributed by atoms with Crippen molar-refractivity contribution in [1.82, 2.24) is 0 Å². The lowest BCUT2D eigenvalue weighted by Gasteiger charge is -2.32. The first-order chi connectivity index (χ1) is 24.6. The summed E-state index contributed by atoms with van der Waals surface area (Å²) < 4.78 is 12.9. The summed E-state index contributed by atoms with van der Waals surface area (Å²) in [6.45, 7) is 16.6. The Morgan fingerprint density at radius 2 is 1.46 bits per heavy atom.